The quantitative estimate of drug-likeness (QED) is 0.754. The lowest BCUT2D eigenvalue weighted by Crippen LogP contribution is -2.30. The number of aliphatic carboxylic acids is 2. The molecule has 1 aliphatic carbocycles. The number of para-hydroxylation sites is 1. The Morgan fingerprint density at radius 3 is 2.48 bits per heavy atom. The molecule has 0 amide bonds. The van der Waals surface area contributed by atoms with Crippen molar-refractivity contribution in [3.05, 3.63) is 71.7 Å². The standard InChI is InChI=1S/C10H7N3.C9H11NO4/c11-6-9-7-12-13(8-9)10-4-2-1-3-5-10;1-9(8(13)14)3-5(7(11)12)2-6(10)4-9/h1-5,7-8H;2,4H,3,10H2,1H3,(H,11,12)(H,13,14). The Morgan fingerprint density at radius 2 is 1.96 bits per heavy atom. The van der Waals surface area contributed by atoms with Crippen LogP contribution in [0.3, 0.4) is 0 Å². The lowest BCUT2D eigenvalue weighted by Gasteiger charge is -2.24. The monoisotopic (exact) mass is 366 g/mol. The maximum absolute atomic E-state index is 10.9. The normalized spacial score (nSPS) is 18.2. The van der Waals surface area contributed by atoms with Crippen LogP contribution in [0.5, 0.6) is 0 Å². The lowest BCUT2D eigenvalue weighted by molar-refractivity contribution is -0.145. The fraction of sp³-hybridized carbons (Fsp3) is 0.158. The molecule has 2 aromatic rings. The summed E-state index contributed by atoms with van der Waals surface area (Å²) in [5, 5.41) is 30.3. The van der Waals surface area contributed by atoms with Gasteiger partial charge >= 0.3 is 11.9 Å². The maximum Gasteiger partial charge on any atom is 0.331 e. The molecule has 3 rings (SSSR count). The van der Waals surface area contributed by atoms with E-state index in [-0.39, 0.29) is 17.7 Å². The third kappa shape index (κ3) is 4.83. The number of carboxylic acids is 2. The van der Waals surface area contributed by atoms with Crippen molar-refractivity contribution in [3.8, 4) is 11.8 Å². The van der Waals surface area contributed by atoms with Crippen molar-refractivity contribution in [2.45, 2.75) is 13.3 Å². The molecule has 138 valence electrons. The van der Waals surface area contributed by atoms with Gasteiger partial charge in [0.05, 0.1) is 22.9 Å². The molecule has 0 fully saturated rings. The Morgan fingerprint density at radius 1 is 1.30 bits per heavy atom. The molecule has 8 heteroatoms. The minimum absolute atomic E-state index is 0.0231. The molecule has 1 aliphatic rings. The zero-order valence-electron chi connectivity index (χ0n) is 14.5. The van der Waals surface area contributed by atoms with E-state index in [1.165, 1.54) is 19.1 Å². The van der Waals surface area contributed by atoms with Gasteiger partial charge in [0.15, 0.2) is 0 Å². The molecule has 0 bridgehead atoms. The van der Waals surface area contributed by atoms with Crippen LogP contribution in [-0.2, 0) is 9.59 Å². The molecule has 1 unspecified atom stereocenters. The summed E-state index contributed by atoms with van der Waals surface area (Å²) in [6.45, 7) is 1.44. The zero-order valence-corrected chi connectivity index (χ0v) is 14.5. The molecule has 0 spiro atoms. The van der Waals surface area contributed by atoms with Gasteiger partial charge in [-0.3, -0.25) is 4.79 Å². The first kappa shape index (κ1) is 19.5. The van der Waals surface area contributed by atoms with Crippen molar-refractivity contribution in [3.63, 3.8) is 0 Å². The topological polar surface area (TPSA) is 142 Å². The smallest absolute Gasteiger partial charge is 0.331 e. The van der Waals surface area contributed by atoms with E-state index in [1.54, 1.807) is 17.1 Å². The Bertz CT molecular complexity index is 954. The molecule has 1 aromatic carbocycles. The highest BCUT2D eigenvalue weighted by molar-refractivity contribution is 5.90. The maximum atomic E-state index is 10.9. The fourth-order valence-electron chi connectivity index (χ4n) is 2.49. The number of rotatable bonds is 3. The number of carbonyl (C=O) groups is 2. The van der Waals surface area contributed by atoms with Crippen LogP contribution in [0.4, 0.5) is 0 Å². The van der Waals surface area contributed by atoms with Crippen LogP contribution in [-0.4, -0.2) is 31.9 Å². The number of aromatic nitrogens is 2. The average molecular weight is 366 g/mol. The summed E-state index contributed by atoms with van der Waals surface area (Å²) in [4.78, 5) is 21.5. The summed E-state index contributed by atoms with van der Waals surface area (Å²) < 4.78 is 1.68. The van der Waals surface area contributed by atoms with E-state index in [0.717, 1.165) is 5.69 Å². The van der Waals surface area contributed by atoms with Crippen LogP contribution in [0.15, 0.2) is 66.1 Å². The van der Waals surface area contributed by atoms with Gasteiger partial charge in [-0.15, -0.1) is 0 Å². The molecular formula is C19H18N4O4. The molecule has 1 heterocycles. The first-order valence-corrected chi connectivity index (χ1v) is 7.91. The molecule has 1 atom stereocenters. The average Bonchev–Trinajstić information content (AvgIpc) is 3.11. The van der Waals surface area contributed by atoms with Gasteiger partial charge in [0.1, 0.15) is 6.07 Å². The number of nitrogens with zero attached hydrogens (tertiary/aromatic N) is 3. The van der Waals surface area contributed by atoms with E-state index in [2.05, 4.69) is 5.10 Å². The van der Waals surface area contributed by atoms with Crippen LogP contribution < -0.4 is 5.73 Å². The second-order valence-electron chi connectivity index (χ2n) is 6.14. The van der Waals surface area contributed by atoms with E-state index < -0.39 is 17.4 Å². The number of carboxylic acid groups (broad SMARTS) is 2. The van der Waals surface area contributed by atoms with E-state index in [4.69, 9.17) is 21.2 Å². The summed E-state index contributed by atoms with van der Waals surface area (Å²) in [5.41, 5.74) is 5.96. The van der Waals surface area contributed by atoms with Gasteiger partial charge in [-0.05, 0) is 37.6 Å². The first-order valence-electron chi connectivity index (χ1n) is 7.91. The van der Waals surface area contributed by atoms with E-state index in [0.29, 0.717) is 5.56 Å². The third-order valence-corrected chi connectivity index (χ3v) is 3.88. The molecule has 0 radical (unpaired) electrons. The summed E-state index contributed by atoms with van der Waals surface area (Å²) in [7, 11) is 0. The minimum atomic E-state index is -1.22. The number of allylic oxidation sites excluding steroid dienone is 1. The van der Waals surface area contributed by atoms with Crippen molar-refractivity contribution in [2.75, 3.05) is 0 Å². The minimum Gasteiger partial charge on any atom is -0.481 e. The molecular weight excluding hydrogens is 348 g/mol. The second kappa shape index (κ2) is 8.01. The van der Waals surface area contributed by atoms with Crippen molar-refractivity contribution < 1.29 is 19.8 Å². The summed E-state index contributed by atoms with van der Waals surface area (Å²) in [6.07, 6.45) is 5.86. The number of hydrogen-bond acceptors (Lipinski definition) is 5. The SMILES string of the molecule is CC1(C(=O)O)C=C(N)C=C(C(=O)O)C1.N#Cc1cnn(-c2ccccc2)c1. The number of nitrogens with two attached hydrogens (primary N) is 1. The summed E-state index contributed by atoms with van der Waals surface area (Å²) in [6, 6.07) is 11.7. The van der Waals surface area contributed by atoms with E-state index in [1.807, 2.05) is 36.4 Å². The van der Waals surface area contributed by atoms with Gasteiger partial charge in [-0.2, -0.15) is 10.4 Å². The molecule has 27 heavy (non-hydrogen) atoms. The van der Waals surface area contributed by atoms with Gasteiger partial charge in [0.25, 0.3) is 0 Å². The zero-order chi connectivity index (χ0) is 20.0. The number of hydrogen-bond donors (Lipinski definition) is 3. The highest BCUT2D eigenvalue weighted by atomic mass is 16.4. The van der Waals surface area contributed by atoms with Gasteiger partial charge in [-0.25, -0.2) is 9.48 Å². The molecule has 4 N–H and O–H groups in total. The number of nitriles is 1. The number of benzene rings is 1. The second-order valence-corrected chi connectivity index (χ2v) is 6.14. The molecule has 1 aromatic heterocycles. The Kier molecular flexibility index (Phi) is 5.78. The Hall–Kier alpha value is -3.86. The third-order valence-electron chi connectivity index (χ3n) is 3.88. The summed E-state index contributed by atoms with van der Waals surface area (Å²) >= 11 is 0. The van der Waals surface area contributed by atoms with Crippen LogP contribution in [0.1, 0.15) is 18.9 Å². The van der Waals surface area contributed by atoms with Crippen LogP contribution in [0.25, 0.3) is 5.69 Å². The lowest BCUT2D eigenvalue weighted by atomic mass is 9.79. The van der Waals surface area contributed by atoms with Crippen molar-refractivity contribution in [1.82, 2.24) is 9.78 Å². The van der Waals surface area contributed by atoms with Crippen molar-refractivity contribution in [2.24, 2.45) is 11.1 Å². The Balaban J connectivity index is 0.000000194. The molecule has 0 aliphatic heterocycles. The van der Waals surface area contributed by atoms with E-state index >= 15 is 0 Å². The highest BCUT2D eigenvalue weighted by Gasteiger charge is 2.36. The largest absolute Gasteiger partial charge is 0.481 e. The first-order chi connectivity index (χ1) is 12.7. The summed E-state index contributed by atoms with van der Waals surface area (Å²) in [5.74, 6) is -2.21. The van der Waals surface area contributed by atoms with Gasteiger partial charge in [-0.1, -0.05) is 18.2 Å². The molecule has 8 nitrogen and oxygen atoms in total. The van der Waals surface area contributed by atoms with Crippen molar-refractivity contribution >= 4 is 11.9 Å². The molecule has 0 saturated heterocycles. The van der Waals surface area contributed by atoms with Crippen LogP contribution in [0.2, 0.25) is 0 Å². The predicted molar refractivity (Wildman–Crippen MR) is 96.6 cm³/mol. The fourth-order valence-corrected chi connectivity index (χ4v) is 2.49. The van der Waals surface area contributed by atoms with Gasteiger partial charge in [0.2, 0.25) is 0 Å². The Labute approximate surface area is 155 Å². The van der Waals surface area contributed by atoms with Gasteiger partial charge < -0.3 is 15.9 Å². The van der Waals surface area contributed by atoms with Crippen LogP contribution >= 0.6 is 0 Å². The van der Waals surface area contributed by atoms with Crippen molar-refractivity contribution in [1.29, 1.82) is 5.26 Å². The molecule has 0 saturated carbocycles. The predicted octanol–water partition coefficient (Wildman–Crippen LogP) is 2.08. The van der Waals surface area contributed by atoms with E-state index in [9.17, 15) is 9.59 Å². The highest BCUT2D eigenvalue weighted by Crippen LogP contribution is 2.32. The van der Waals surface area contributed by atoms with Gasteiger partial charge in [0, 0.05) is 17.5 Å². The van der Waals surface area contributed by atoms with Crippen LogP contribution in [0, 0.1) is 16.7 Å².